The smallest absolute Gasteiger partial charge is 0.258 e. The van der Waals surface area contributed by atoms with Gasteiger partial charge in [-0.15, -0.1) is 11.3 Å². The molecule has 6 aromatic rings. The number of fused-ring (bicyclic) bond motifs is 1. The summed E-state index contributed by atoms with van der Waals surface area (Å²) in [6.45, 7) is 12.5. The van der Waals surface area contributed by atoms with Crippen molar-refractivity contribution in [3.05, 3.63) is 124 Å². The number of halogens is 2. The Bertz CT molecular complexity index is 3160. The predicted octanol–water partition coefficient (Wildman–Crippen LogP) is 9.29. The highest BCUT2D eigenvalue weighted by Crippen LogP contribution is 2.35. The van der Waals surface area contributed by atoms with Gasteiger partial charge in [-0.25, -0.2) is 13.8 Å². The predicted molar refractivity (Wildman–Crippen MR) is 312 cm³/mol. The maximum atomic E-state index is 14.2. The summed E-state index contributed by atoms with van der Waals surface area (Å²) in [5.41, 5.74) is 8.44. The topological polar surface area (TPSA) is 202 Å². The number of hydrogen-bond donors (Lipinski definition) is 5. The lowest BCUT2D eigenvalue weighted by molar-refractivity contribution is -0.145. The number of Topliss-reactive ketones (excluding diaryl/α,β-unsaturated/α-hetero) is 2. The van der Waals surface area contributed by atoms with Crippen LogP contribution in [0.1, 0.15) is 111 Å². The number of anilines is 3. The maximum absolute atomic E-state index is 14.2. The number of ether oxygens (including phenoxy) is 1. The van der Waals surface area contributed by atoms with E-state index in [0.717, 1.165) is 58.3 Å². The number of benzene rings is 4. The van der Waals surface area contributed by atoms with E-state index < -0.39 is 35.1 Å². The van der Waals surface area contributed by atoms with Gasteiger partial charge in [-0.3, -0.25) is 34.0 Å². The molecule has 430 valence electrons. The number of nitrogens with zero attached hydrogens (tertiary/aromatic N) is 5. The number of carbonyl (C=O) groups is 5. The molecule has 5 heterocycles. The minimum atomic E-state index is -0.806. The molecule has 16 nitrogen and oxygen atoms in total. The van der Waals surface area contributed by atoms with Crippen LogP contribution in [0.3, 0.4) is 0 Å². The number of likely N-dealkylation sites (tertiary alicyclic amines) is 1. The molecule has 0 unspecified atom stereocenters. The second-order valence-electron chi connectivity index (χ2n) is 23.0. The number of aliphatic hydroxyl groups excluding tert-OH is 1. The van der Waals surface area contributed by atoms with E-state index in [9.17, 15) is 37.9 Å². The Kier molecular flexibility index (Phi) is 19.4. The molecule has 4 aromatic carbocycles. The average molecular weight is 1130 g/mol. The third-order valence-corrected chi connectivity index (χ3v) is 16.9. The highest BCUT2D eigenvalue weighted by atomic mass is 32.1. The van der Waals surface area contributed by atoms with Gasteiger partial charge in [-0.05, 0) is 116 Å². The van der Waals surface area contributed by atoms with E-state index in [2.05, 4.69) is 40.9 Å². The molecule has 0 saturated carbocycles. The van der Waals surface area contributed by atoms with Crippen LogP contribution in [0.2, 0.25) is 0 Å². The van der Waals surface area contributed by atoms with Gasteiger partial charge >= 0.3 is 0 Å². The van der Waals surface area contributed by atoms with E-state index in [1.54, 1.807) is 11.3 Å². The fraction of sp³-hybridized carbons (Fsp3) is 0.468. The van der Waals surface area contributed by atoms with Crippen LogP contribution in [-0.4, -0.2) is 137 Å². The molecule has 81 heavy (non-hydrogen) atoms. The van der Waals surface area contributed by atoms with Crippen molar-refractivity contribution in [3.63, 3.8) is 0 Å². The van der Waals surface area contributed by atoms with E-state index in [0.29, 0.717) is 112 Å². The summed E-state index contributed by atoms with van der Waals surface area (Å²) < 4.78 is 33.5. The third kappa shape index (κ3) is 15.5. The normalized spacial score (nSPS) is 17.6. The number of thiazole rings is 1. The first-order chi connectivity index (χ1) is 38.9. The van der Waals surface area contributed by atoms with Crippen molar-refractivity contribution in [2.45, 2.75) is 117 Å². The first-order valence-electron chi connectivity index (χ1n) is 28.4. The fourth-order valence-electron chi connectivity index (χ4n) is 11.3. The lowest BCUT2D eigenvalue weighted by Crippen LogP contribution is -2.49. The molecule has 3 fully saturated rings. The van der Waals surface area contributed by atoms with Crippen molar-refractivity contribution in [2.75, 3.05) is 74.6 Å². The number of amides is 3. The molecule has 19 heteroatoms. The second kappa shape index (κ2) is 26.8. The maximum Gasteiger partial charge on any atom is 0.258 e. The minimum Gasteiger partial charge on any atom is -0.391 e. The lowest BCUT2D eigenvalue weighted by Gasteiger charge is -2.36. The van der Waals surface area contributed by atoms with Crippen LogP contribution in [0.5, 0.6) is 0 Å². The number of unbranched alkanes of at least 4 members (excludes halogenated alkanes) is 2. The summed E-state index contributed by atoms with van der Waals surface area (Å²) in [5, 5.41) is 28.4. The van der Waals surface area contributed by atoms with Gasteiger partial charge in [0.15, 0.2) is 11.6 Å². The summed E-state index contributed by atoms with van der Waals surface area (Å²) in [6, 6.07) is 22.3. The number of ketones is 2. The SMILES string of the molecule is Cc1ncsc1-c1ccc(CCC(=O)[C@@H]2C[C@@H](O)CN2C(=O)[C@@H](CC(=O)CCCCCNC(=O)CN2CCN(c3ccc(C(=O)Nc4n[nH]c5ccc(Cc6cc(F)cc(F)c6)cc45)c(NC4CCOCC4)c3)CC2)C(C)(C)C)cc1. The van der Waals surface area contributed by atoms with Crippen molar-refractivity contribution in [1.82, 2.24) is 30.3 Å². The second-order valence-corrected chi connectivity index (χ2v) is 23.9. The number of β-amino-alcohol motifs (C(OH)–C–C–N with tert-alkyl or cyclic N) is 1. The average Bonchev–Trinajstić information content (AvgIpc) is 4.30. The number of carbonyl (C=O) groups excluding carboxylic acids is 5. The molecule has 0 radical (unpaired) electrons. The first kappa shape index (κ1) is 58.7. The zero-order chi connectivity index (χ0) is 57.2. The molecule has 0 aliphatic carbocycles. The molecular weight excluding hydrogens is 1050 g/mol. The summed E-state index contributed by atoms with van der Waals surface area (Å²) in [4.78, 5) is 79.8. The van der Waals surface area contributed by atoms with Crippen LogP contribution in [0.15, 0.2) is 84.4 Å². The Morgan fingerprint density at radius 1 is 0.864 bits per heavy atom. The highest BCUT2D eigenvalue weighted by Gasteiger charge is 2.44. The summed E-state index contributed by atoms with van der Waals surface area (Å²) >= 11 is 1.59. The number of aliphatic hydroxyl groups is 1. The van der Waals surface area contributed by atoms with Gasteiger partial charge in [0.2, 0.25) is 11.8 Å². The molecule has 0 spiro atoms. The number of aromatic nitrogens is 3. The number of aromatic amines is 1. The van der Waals surface area contributed by atoms with Gasteiger partial charge in [-0.2, -0.15) is 5.10 Å². The number of rotatable bonds is 23. The number of H-pyrrole nitrogens is 1. The third-order valence-electron chi connectivity index (χ3n) is 15.9. The van der Waals surface area contributed by atoms with Gasteiger partial charge in [0.25, 0.3) is 5.91 Å². The van der Waals surface area contributed by atoms with Crippen LogP contribution in [0.25, 0.3) is 21.3 Å². The van der Waals surface area contributed by atoms with Crippen molar-refractivity contribution >= 4 is 68.7 Å². The van der Waals surface area contributed by atoms with E-state index in [-0.39, 0.29) is 67.7 Å². The van der Waals surface area contributed by atoms with Crippen LogP contribution in [-0.2, 0) is 36.8 Å². The highest BCUT2D eigenvalue weighted by molar-refractivity contribution is 7.13. The first-order valence-corrected chi connectivity index (χ1v) is 29.3. The molecule has 3 aliphatic rings. The minimum absolute atomic E-state index is 0.0182. The molecule has 3 atom stereocenters. The number of piperazine rings is 1. The quantitative estimate of drug-likeness (QED) is 0.0381. The Balaban J connectivity index is 0.704. The lowest BCUT2D eigenvalue weighted by atomic mass is 9.76. The summed E-state index contributed by atoms with van der Waals surface area (Å²) in [6.07, 6.45) is 4.46. The molecule has 2 aromatic heterocycles. The van der Waals surface area contributed by atoms with E-state index >= 15 is 0 Å². The summed E-state index contributed by atoms with van der Waals surface area (Å²) in [7, 11) is 0. The monoisotopic (exact) mass is 1130 g/mol. The molecule has 5 N–H and O–H groups in total. The standard InChI is InChI=1S/C62H75F2N9O7S/c1-39-58(81-38-66-39)43-13-9-40(10-14-43)12-18-56(76)55-35-49(75)36-73(55)61(79)52(62(2,3)4)34-48(74)8-6-5-7-21-65-57(77)37-71-22-24-72(25-23-71)47-15-16-50(54(33-47)67-46-19-26-80-27-20-46)60(78)68-59-51-31-41(11-17-53(51)69-70-59)28-42-29-44(63)32-45(64)30-42/h9-11,13-17,29-33,38,46,49,52,55,67,75H,5-8,12,18-28,34-37H2,1-4H3,(H,65,77)(H2,68,69,70,78)/t49-,52-,55+/m1/s1. The zero-order valence-corrected chi connectivity index (χ0v) is 47.6. The molecule has 3 amide bonds. The molecule has 3 saturated heterocycles. The van der Waals surface area contributed by atoms with E-state index in [1.807, 2.05) is 93.9 Å². The van der Waals surface area contributed by atoms with Gasteiger partial charge in [-0.1, -0.05) is 57.5 Å². The Morgan fingerprint density at radius 2 is 1.60 bits per heavy atom. The van der Waals surface area contributed by atoms with Crippen molar-refractivity contribution in [1.29, 1.82) is 0 Å². The van der Waals surface area contributed by atoms with E-state index in [1.165, 1.54) is 17.0 Å². The van der Waals surface area contributed by atoms with Gasteiger partial charge in [0.05, 0.1) is 45.9 Å². The fourth-order valence-corrected chi connectivity index (χ4v) is 12.1. The van der Waals surface area contributed by atoms with Crippen LogP contribution >= 0.6 is 11.3 Å². The van der Waals surface area contributed by atoms with Crippen molar-refractivity contribution in [2.24, 2.45) is 11.3 Å². The summed E-state index contributed by atoms with van der Waals surface area (Å²) in [5.74, 6) is -2.37. The van der Waals surface area contributed by atoms with Crippen molar-refractivity contribution < 1.29 is 42.6 Å². The number of nitrogens with one attached hydrogen (secondary N) is 4. The zero-order valence-electron chi connectivity index (χ0n) is 46.8. The van der Waals surface area contributed by atoms with E-state index in [4.69, 9.17) is 4.74 Å². The Morgan fingerprint density at radius 3 is 2.32 bits per heavy atom. The molecule has 3 aliphatic heterocycles. The largest absolute Gasteiger partial charge is 0.391 e. The van der Waals surface area contributed by atoms with Crippen LogP contribution in [0, 0.1) is 29.9 Å². The molecular formula is C62H75F2N9O7S. The van der Waals surface area contributed by atoms with Crippen molar-refractivity contribution in [3.8, 4) is 10.4 Å². The van der Waals surface area contributed by atoms with Gasteiger partial charge in [0, 0.05) is 113 Å². The Hall–Kier alpha value is -6.93. The Labute approximate surface area is 476 Å². The van der Waals surface area contributed by atoms with Gasteiger partial charge < -0.3 is 35.6 Å². The molecule has 9 rings (SSSR count). The van der Waals surface area contributed by atoms with Crippen LogP contribution < -0.4 is 20.9 Å². The van der Waals surface area contributed by atoms with Gasteiger partial charge in [0.1, 0.15) is 17.4 Å². The molecule has 0 bridgehead atoms. The number of aryl methyl sites for hydroxylation is 2. The number of hydrogen-bond acceptors (Lipinski definition) is 13. The van der Waals surface area contributed by atoms with Crippen LogP contribution in [0.4, 0.5) is 26.0 Å².